The number of nitrogens with zero attached hydrogens (tertiary/aromatic N) is 3. The topological polar surface area (TPSA) is 57.0 Å². The lowest BCUT2D eigenvalue weighted by Gasteiger charge is -2.16. The molecule has 3 aromatic rings. The highest BCUT2D eigenvalue weighted by molar-refractivity contribution is 6.30. The van der Waals surface area contributed by atoms with Gasteiger partial charge in [-0.25, -0.2) is 18.3 Å². The summed E-state index contributed by atoms with van der Waals surface area (Å²) in [5, 5.41) is 4.59. The van der Waals surface area contributed by atoms with E-state index in [1.165, 1.54) is 29.2 Å². The number of aryl methyl sites for hydroxylation is 1. The molecule has 2 aromatic heterocycles. The number of carbonyl (C=O) groups excluding carboxylic acids is 1. The smallest absolute Gasteiger partial charge is 0.346 e. The van der Waals surface area contributed by atoms with Crippen molar-refractivity contribution in [2.75, 3.05) is 0 Å². The fraction of sp³-hybridized carbons (Fsp3) is 0.167. The molecule has 3 rings (SSSR count). The molecule has 0 spiro atoms. The maximum Gasteiger partial charge on any atom is 0.346 e. The molecule has 0 bridgehead atoms. The van der Waals surface area contributed by atoms with Crippen LogP contribution >= 0.6 is 11.6 Å². The molecular weight excluding hydrogens is 364 g/mol. The van der Waals surface area contributed by atoms with Crippen LogP contribution in [0, 0.1) is 18.6 Å². The van der Waals surface area contributed by atoms with Crippen molar-refractivity contribution < 1.29 is 18.3 Å². The number of carbonyl (C=O) groups is 1. The second-order valence-electron chi connectivity index (χ2n) is 5.70. The number of pyridine rings is 1. The lowest BCUT2D eigenvalue weighted by Crippen LogP contribution is -2.16. The summed E-state index contributed by atoms with van der Waals surface area (Å²) < 4.78 is 33.5. The van der Waals surface area contributed by atoms with Crippen LogP contribution in [-0.2, 0) is 0 Å². The zero-order valence-electron chi connectivity index (χ0n) is 13.9. The van der Waals surface area contributed by atoms with E-state index in [1.54, 1.807) is 19.9 Å². The third-order valence-corrected chi connectivity index (χ3v) is 3.96. The van der Waals surface area contributed by atoms with Gasteiger partial charge >= 0.3 is 5.97 Å². The molecule has 8 heteroatoms. The Bertz CT molecular complexity index is 975. The van der Waals surface area contributed by atoms with Crippen LogP contribution in [0.2, 0.25) is 5.02 Å². The quantitative estimate of drug-likeness (QED) is 0.634. The molecule has 5 nitrogen and oxygen atoms in total. The summed E-state index contributed by atoms with van der Waals surface area (Å²) in [6.45, 7) is 3.46. The van der Waals surface area contributed by atoms with Crippen molar-refractivity contribution >= 4 is 17.6 Å². The van der Waals surface area contributed by atoms with Crippen molar-refractivity contribution in [1.29, 1.82) is 0 Å². The fourth-order valence-corrected chi connectivity index (χ4v) is 2.61. The van der Waals surface area contributed by atoms with Gasteiger partial charge in [-0.05, 0) is 37.6 Å². The van der Waals surface area contributed by atoms with Gasteiger partial charge in [0.15, 0.2) is 11.6 Å². The van der Waals surface area contributed by atoms with Crippen LogP contribution in [0.15, 0.2) is 42.7 Å². The van der Waals surface area contributed by atoms with Gasteiger partial charge in [0, 0.05) is 18.5 Å². The molecule has 2 heterocycles. The molecule has 0 saturated heterocycles. The Morgan fingerprint density at radius 2 is 1.96 bits per heavy atom. The summed E-state index contributed by atoms with van der Waals surface area (Å²) in [5.41, 5.74) is 1.27. The molecule has 26 heavy (non-hydrogen) atoms. The average Bonchev–Trinajstić information content (AvgIpc) is 2.97. The number of halogens is 3. The number of rotatable bonds is 4. The van der Waals surface area contributed by atoms with Gasteiger partial charge in [0.2, 0.25) is 5.88 Å². The Morgan fingerprint density at radius 1 is 1.19 bits per heavy atom. The standard InChI is InChI=1S/C18H14ClF2N3O2/c1-10-5-17(26-18(25)13-6-14(19)9-22-8-13)24(23-10)11(2)12-3-4-15(20)16(21)7-12/h3-9,11H,1-2H3. The van der Waals surface area contributed by atoms with Crippen molar-refractivity contribution in [3.05, 3.63) is 76.2 Å². The van der Waals surface area contributed by atoms with Crippen molar-refractivity contribution in [2.45, 2.75) is 19.9 Å². The Kier molecular flexibility index (Phi) is 4.99. The molecule has 1 aromatic carbocycles. The zero-order chi connectivity index (χ0) is 18.8. The van der Waals surface area contributed by atoms with Gasteiger partial charge in [0.1, 0.15) is 0 Å². The van der Waals surface area contributed by atoms with Crippen molar-refractivity contribution in [2.24, 2.45) is 0 Å². The van der Waals surface area contributed by atoms with Crippen LogP contribution in [0.25, 0.3) is 0 Å². The van der Waals surface area contributed by atoms with Crippen LogP contribution in [-0.4, -0.2) is 20.7 Å². The highest BCUT2D eigenvalue weighted by Gasteiger charge is 2.20. The van der Waals surface area contributed by atoms with Crippen LogP contribution in [0.4, 0.5) is 8.78 Å². The first-order valence-corrected chi connectivity index (χ1v) is 8.07. The minimum absolute atomic E-state index is 0.171. The van der Waals surface area contributed by atoms with Gasteiger partial charge in [0.05, 0.1) is 22.3 Å². The van der Waals surface area contributed by atoms with E-state index in [0.717, 1.165) is 12.1 Å². The van der Waals surface area contributed by atoms with Crippen molar-refractivity contribution in [3.8, 4) is 5.88 Å². The lowest BCUT2D eigenvalue weighted by molar-refractivity contribution is 0.0716. The second-order valence-corrected chi connectivity index (χ2v) is 6.14. The van der Waals surface area contributed by atoms with E-state index < -0.39 is 23.6 Å². The maximum atomic E-state index is 13.5. The van der Waals surface area contributed by atoms with Gasteiger partial charge in [-0.1, -0.05) is 17.7 Å². The molecule has 0 aliphatic rings. The second kappa shape index (κ2) is 7.21. The highest BCUT2D eigenvalue weighted by Crippen LogP contribution is 2.26. The SMILES string of the molecule is Cc1cc(OC(=O)c2cncc(Cl)c2)n(C(C)c2ccc(F)c(F)c2)n1. The summed E-state index contributed by atoms with van der Waals surface area (Å²) in [7, 11) is 0. The third-order valence-electron chi connectivity index (χ3n) is 3.75. The number of esters is 1. The molecule has 0 fully saturated rings. The number of benzene rings is 1. The van der Waals surface area contributed by atoms with E-state index in [2.05, 4.69) is 10.1 Å². The predicted molar refractivity (Wildman–Crippen MR) is 91.3 cm³/mol. The molecular formula is C18H14ClF2N3O2. The summed E-state index contributed by atoms with van der Waals surface area (Å²) >= 11 is 5.83. The summed E-state index contributed by atoms with van der Waals surface area (Å²) in [4.78, 5) is 16.2. The first kappa shape index (κ1) is 18.0. The molecule has 134 valence electrons. The Labute approximate surface area is 153 Å². The Hall–Kier alpha value is -2.80. The van der Waals surface area contributed by atoms with E-state index in [9.17, 15) is 13.6 Å². The van der Waals surface area contributed by atoms with Gasteiger partial charge in [-0.2, -0.15) is 5.10 Å². The first-order chi connectivity index (χ1) is 12.3. The average molecular weight is 378 g/mol. The number of hydrogen-bond acceptors (Lipinski definition) is 4. The van der Waals surface area contributed by atoms with E-state index in [1.807, 2.05) is 0 Å². The van der Waals surface area contributed by atoms with Crippen molar-refractivity contribution in [3.63, 3.8) is 0 Å². The molecule has 1 atom stereocenters. The lowest BCUT2D eigenvalue weighted by atomic mass is 10.1. The van der Waals surface area contributed by atoms with Crippen LogP contribution in [0.1, 0.15) is 34.6 Å². The van der Waals surface area contributed by atoms with Gasteiger partial charge in [0.25, 0.3) is 0 Å². The predicted octanol–water partition coefficient (Wildman–Crippen LogP) is 4.35. The molecule has 1 unspecified atom stereocenters. The third kappa shape index (κ3) is 3.72. The van der Waals surface area contributed by atoms with E-state index in [4.69, 9.17) is 16.3 Å². The molecule has 0 N–H and O–H groups in total. The van der Waals surface area contributed by atoms with E-state index >= 15 is 0 Å². The molecule has 0 saturated carbocycles. The van der Waals surface area contributed by atoms with E-state index in [0.29, 0.717) is 16.3 Å². The van der Waals surface area contributed by atoms with Gasteiger partial charge < -0.3 is 4.74 Å². The molecule has 0 amide bonds. The fourth-order valence-electron chi connectivity index (χ4n) is 2.44. The van der Waals surface area contributed by atoms with Gasteiger partial charge in [-0.15, -0.1) is 0 Å². The zero-order valence-corrected chi connectivity index (χ0v) is 14.7. The number of hydrogen-bond donors (Lipinski definition) is 0. The summed E-state index contributed by atoms with van der Waals surface area (Å²) in [6, 6.07) is 6.10. The number of ether oxygens (including phenoxy) is 1. The number of aromatic nitrogens is 3. The normalized spacial score (nSPS) is 12.0. The van der Waals surface area contributed by atoms with Crippen LogP contribution < -0.4 is 4.74 Å². The largest absolute Gasteiger partial charge is 0.404 e. The first-order valence-electron chi connectivity index (χ1n) is 7.69. The van der Waals surface area contributed by atoms with Gasteiger partial charge in [-0.3, -0.25) is 4.98 Å². The molecule has 0 aliphatic carbocycles. The molecule has 0 aliphatic heterocycles. The van der Waals surface area contributed by atoms with Crippen molar-refractivity contribution in [1.82, 2.24) is 14.8 Å². The van der Waals surface area contributed by atoms with Crippen LogP contribution in [0.5, 0.6) is 5.88 Å². The minimum atomic E-state index is -0.957. The van der Waals surface area contributed by atoms with E-state index in [-0.39, 0.29) is 11.4 Å². The summed E-state index contributed by atoms with van der Waals surface area (Å²) in [6.07, 6.45) is 2.73. The monoisotopic (exact) mass is 377 g/mol. The highest BCUT2D eigenvalue weighted by atomic mass is 35.5. The maximum absolute atomic E-state index is 13.5. The molecule has 0 radical (unpaired) electrons. The Balaban J connectivity index is 1.90. The Morgan fingerprint density at radius 3 is 2.65 bits per heavy atom. The minimum Gasteiger partial charge on any atom is -0.404 e. The summed E-state index contributed by atoms with van der Waals surface area (Å²) in [5.74, 6) is -2.37. The van der Waals surface area contributed by atoms with Crippen LogP contribution in [0.3, 0.4) is 0 Å².